The number of methoxy groups -OCH3 is 1. The van der Waals surface area contributed by atoms with Crippen LogP contribution in [0.3, 0.4) is 0 Å². The lowest BCUT2D eigenvalue weighted by Gasteiger charge is -2.12. The van der Waals surface area contributed by atoms with Crippen molar-refractivity contribution < 1.29 is 19.1 Å². The number of ether oxygens (including phenoxy) is 2. The number of aryl methyl sites for hydroxylation is 1. The fourth-order valence-electron chi connectivity index (χ4n) is 2.28. The van der Waals surface area contributed by atoms with E-state index in [0.717, 1.165) is 22.4 Å². The first-order valence-electron chi connectivity index (χ1n) is 8.34. The van der Waals surface area contributed by atoms with Gasteiger partial charge in [-0.2, -0.15) is 0 Å². The Morgan fingerprint density at radius 3 is 2.54 bits per heavy atom. The van der Waals surface area contributed by atoms with Crippen LogP contribution in [0.25, 0.3) is 6.08 Å². The third-order valence-electron chi connectivity index (χ3n) is 3.74. The summed E-state index contributed by atoms with van der Waals surface area (Å²) in [7, 11) is 1.60. The van der Waals surface area contributed by atoms with Crippen LogP contribution >= 0.6 is 0 Å². The lowest BCUT2D eigenvalue weighted by atomic mass is 10.1. The van der Waals surface area contributed by atoms with E-state index in [1.807, 2.05) is 55.5 Å². The van der Waals surface area contributed by atoms with E-state index >= 15 is 0 Å². The maximum Gasteiger partial charge on any atom is 0.331 e. The van der Waals surface area contributed by atoms with Gasteiger partial charge in [-0.05, 0) is 43.2 Å². The van der Waals surface area contributed by atoms with Gasteiger partial charge in [0, 0.05) is 12.6 Å². The standard InChI is InChI=1S/C21H23NO4/c1-15-5-4-6-17(13-15)9-12-20(23)26-16(2)21(24)22-14-18-7-10-19(25-3)11-8-18/h4-13,16H,14H2,1-3H3,(H,22,24)/b12-9+/t16-/m0/s1. The second kappa shape index (κ2) is 9.42. The van der Waals surface area contributed by atoms with E-state index in [2.05, 4.69) is 5.32 Å². The van der Waals surface area contributed by atoms with Crippen LogP contribution < -0.4 is 10.1 Å². The molecule has 0 aliphatic rings. The number of amides is 1. The molecule has 0 aromatic heterocycles. The summed E-state index contributed by atoms with van der Waals surface area (Å²) >= 11 is 0. The fourth-order valence-corrected chi connectivity index (χ4v) is 2.28. The zero-order valence-electron chi connectivity index (χ0n) is 15.2. The molecule has 5 heteroatoms. The van der Waals surface area contributed by atoms with Crippen LogP contribution in [-0.4, -0.2) is 25.1 Å². The number of carbonyl (C=O) groups is 2. The normalized spacial score (nSPS) is 11.8. The minimum Gasteiger partial charge on any atom is -0.497 e. The van der Waals surface area contributed by atoms with Crippen LogP contribution in [0.2, 0.25) is 0 Å². The van der Waals surface area contributed by atoms with Gasteiger partial charge in [0.25, 0.3) is 5.91 Å². The van der Waals surface area contributed by atoms with Gasteiger partial charge in [0.15, 0.2) is 6.10 Å². The highest BCUT2D eigenvalue weighted by Gasteiger charge is 2.16. The summed E-state index contributed by atoms with van der Waals surface area (Å²) in [6, 6.07) is 15.1. The molecular formula is C21H23NO4. The maximum absolute atomic E-state index is 12.1. The van der Waals surface area contributed by atoms with Crippen LogP contribution in [0.5, 0.6) is 5.75 Å². The minimum atomic E-state index is -0.872. The van der Waals surface area contributed by atoms with Gasteiger partial charge in [-0.3, -0.25) is 4.79 Å². The molecule has 5 nitrogen and oxygen atoms in total. The Morgan fingerprint density at radius 1 is 1.15 bits per heavy atom. The van der Waals surface area contributed by atoms with Crippen molar-refractivity contribution in [1.29, 1.82) is 0 Å². The maximum atomic E-state index is 12.1. The average Bonchev–Trinajstić information content (AvgIpc) is 2.65. The van der Waals surface area contributed by atoms with Crippen molar-refractivity contribution in [2.45, 2.75) is 26.5 Å². The number of carbonyl (C=O) groups excluding carboxylic acids is 2. The molecule has 2 aromatic carbocycles. The number of benzene rings is 2. The second-order valence-electron chi connectivity index (χ2n) is 5.89. The Labute approximate surface area is 153 Å². The fraction of sp³-hybridized carbons (Fsp3) is 0.238. The van der Waals surface area contributed by atoms with Gasteiger partial charge in [-0.25, -0.2) is 4.79 Å². The SMILES string of the molecule is COc1ccc(CNC(=O)[C@H](C)OC(=O)/C=C/c2cccc(C)c2)cc1. The zero-order valence-corrected chi connectivity index (χ0v) is 15.2. The van der Waals surface area contributed by atoms with Crippen LogP contribution in [0.1, 0.15) is 23.6 Å². The molecule has 0 saturated heterocycles. The molecule has 0 unspecified atom stereocenters. The first-order valence-corrected chi connectivity index (χ1v) is 8.34. The molecule has 2 rings (SSSR count). The molecule has 0 radical (unpaired) electrons. The van der Waals surface area contributed by atoms with E-state index in [-0.39, 0.29) is 5.91 Å². The minimum absolute atomic E-state index is 0.349. The highest BCUT2D eigenvalue weighted by molar-refractivity contribution is 5.90. The molecule has 0 aliphatic heterocycles. The van der Waals surface area contributed by atoms with E-state index in [1.54, 1.807) is 20.1 Å². The third kappa shape index (κ3) is 6.09. The van der Waals surface area contributed by atoms with Crippen LogP contribution in [0, 0.1) is 6.92 Å². The molecule has 0 heterocycles. The molecule has 26 heavy (non-hydrogen) atoms. The summed E-state index contributed by atoms with van der Waals surface area (Å²) in [5, 5.41) is 2.74. The number of hydrogen-bond donors (Lipinski definition) is 1. The number of esters is 1. The van der Waals surface area contributed by atoms with Gasteiger partial charge in [0.2, 0.25) is 0 Å². The topological polar surface area (TPSA) is 64.6 Å². The van der Waals surface area contributed by atoms with Crippen molar-refractivity contribution in [3.05, 3.63) is 71.3 Å². The van der Waals surface area contributed by atoms with Crippen molar-refractivity contribution in [2.75, 3.05) is 7.11 Å². The Morgan fingerprint density at radius 2 is 1.88 bits per heavy atom. The summed E-state index contributed by atoms with van der Waals surface area (Å²) < 4.78 is 10.2. The predicted octanol–water partition coefficient (Wildman–Crippen LogP) is 3.26. The average molecular weight is 353 g/mol. The molecule has 1 atom stereocenters. The molecule has 0 saturated carbocycles. The van der Waals surface area contributed by atoms with Gasteiger partial charge >= 0.3 is 5.97 Å². The molecule has 0 bridgehead atoms. The molecule has 1 amide bonds. The predicted molar refractivity (Wildman–Crippen MR) is 101 cm³/mol. The molecule has 0 fully saturated rings. The Bertz CT molecular complexity index is 781. The monoisotopic (exact) mass is 353 g/mol. The number of rotatable bonds is 7. The first-order chi connectivity index (χ1) is 12.5. The van der Waals surface area contributed by atoms with Gasteiger partial charge in [-0.1, -0.05) is 42.0 Å². The van der Waals surface area contributed by atoms with E-state index in [0.29, 0.717) is 6.54 Å². The lowest BCUT2D eigenvalue weighted by molar-refractivity contribution is -0.150. The number of nitrogens with one attached hydrogen (secondary N) is 1. The van der Waals surface area contributed by atoms with Gasteiger partial charge in [-0.15, -0.1) is 0 Å². The first kappa shape index (κ1) is 19.2. The molecule has 136 valence electrons. The van der Waals surface area contributed by atoms with Crippen molar-refractivity contribution in [3.8, 4) is 5.75 Å². The van der Waals surface area contributed by atoms with E-state index in [4.69, 9.17) is 9.47 Å². The van der Waals surface area contributed by atoms with Crippen molar-refractivity contribution in [3.63, 3.8) is 0 Å². The summed E-state index contributed by atoms with van der Waals surface area (Å²) in [6.45, 7) is 3.87. The van der Waals surface area contributed by atoms with E-state index in [1.165, 1.54) is 6.08 Å². The molecular weight excluding hydrogens is 330 g/mol. The van der Waals surface area contributed by atoms with Gasteiger partial charge < -0.3 is 14.8 Å². The molecule has 1 N–H and O–H groups in total. The molecule has 0 aliphatic carbocycles. The lowest BCUT2D eigenvalue weighted by Crippen LogP contribution is -2.35. The largest absolute Gasteiger partial charge is 0.497 e. The molecule has 0 spiro atoms. The highest BCUT2D eigenvalue weighted by atomic mass is 16.5. The number of hydrogen-bond acceptors (Lipinski definition) is 4. The molecule has 2 aromatic rings. The van der Waals surface area contributed by atoms with E-state index in [9.17, 15) is 9.59 Å². The summed E-state index contributed by atoms with van der Waals surface area (Å²) in [6.07, 6.45) is 2.11. The second-order valence-corrected chi connectivity index (χ2v) is 5.89. The summed E-state index contributed by atoms with van der Waals surface area (Å²) in [4.78, 5) is 23.9. The Hall–Kier alpha value is -3.08. The third-order valence-corrected chi connectivity index (χ3v) is 3.74. The summed E-state index contributed by atoms with van der Waals surface area (Å²) in [5.74, 6) is -0.153. The van der Waals surface area contributed by atoms with Crippen LogP contribution in [-0.2, 0) is 20.9 Å². The smallest absolute Gasteiger partial charge is 0.331 e. The van der Waals surface area contributed by atoms with Gasteiger partial charge in [0.1, 0.15) is 5.75 Å². The van der Waals surface area contributed by atoms with Crippen LogP contribution in [0.15, 0.2) is 54.6 Å². The quantitative estimate of drug-likeness (QED) is 0.613. The van der Waals surface area contributed by atoms with Gasteiger partial charge in [0.05, 0.1) is 7.11 Å². The summed E-state index contributed by atoms with van der Waals surface area (Å²) in [5.41, 5.74) is 2.93. The highest BCUT2D eigenvalue weighted by Crippen LogP contribution is 2.11. The zero-order chi connectivity index (χ0) is 18.9. The Balaban J connectivity index is 1.80. The van der Waals surface area contributed by atoms with E-state index < -0.39 is 12.1 Å². The van der Waals surface area contributed by atoms with Crippen molar-refractivity contribution in [1.82, 2.24) is 5.32 Å². The van der Waals surface area contributed by atoms with Crippen molar-refractivity contribution in [2.24, 2.45) is 0 Å². The Kier molecular flexibility index (Phi) is 6.97. The van der Waals surface area contributed by atoms with Crippen LogP contribution in [0.4, 0.5) is 0 Å². The van der Waals surface area contributed by atoms with Crippen molar-refractivity contribution >= 4 is 18.0 Å².